The van der Waals surface area contributed by atoms with Gasteiger partial charge in [0.2, 0.25) is 5.91 Å². The van der Waals surface area contributed by atoms with Crippen LogP contribution >= 0.6 is 11.8 Å². The van der Waals surface area contributed by atoms with E-state index in [0.29, 0.717) is 18.2 Å². The molecule has 0 radical (unpaired) electrons. The fourth-order valence-corrected chi connectivity index (χ4v) is 4.66. The second-order valence-electron chi connectivity index (χ2n) is 6.41. The second-order valence-corrected chi connectivity index (χ2v) is 7.51. The van der Waals surface area contributed by atoms with Crippen molar-refractivity contribution in [1.29, 1.82) is 0 Å². The monoisotopic (exact) mass is 359 g/mol. The number of hydrogen-bond donors (Lipinski definition) is 2. The van der Waals surface area contributed by atoms with Gasteiger partial charge >= 0.3 is 0 Å². The normalized spacial score (nSPS) is 21.8. The molecule has 2 aromatic rings. The molecule has 2 unspecified atom stereocenters. The maximum absolute atomic E-state index is 12.0. The van der Waals surface area contributed by atoms with E-state index in [9.17, 15) is 4.79 Å². The first kappa shape index (κ1) is 16.3. The van der Waals surface area contributed by atoms with E-state index >= 15 is 0 Å². The molecule has 2 aliphatic heterocycles. The molecule has 7 heteroatoms. The number of benzene rings is 1. The zero-order chi connectivity index (χ0) is 17.6. The van der Waals surface area contributed by atoms with Crippen LogP contribution in [0.1, 0.15) is 41.5 Å². The third-order valence-corrected chi connectivity index (χ3v) is 5.76. The number of aryl methyl sites for hydroxylation is 1. The Labute approximate surface area is 150 Å². The van der Waals surface area contributed by atoms with E-state index in [-0.39, 0.29) is 17.3 Å². The van der Waals surface area contributed by atoms with Gasteiger partial charge in [0.15, 0.2) is 5.82 Å². The number of H-pyrrole nitrogens is 1. The van der Waals surface area contributed by atoms with Crippen LogP contribution in [0.2, 0.25) is 0 Å². The minimum Gasteiger partial charge on any atom is -0.494 e. The van der Waals surface area contributed by atoms with Crippen LogP contribution in [0.15, 0.2) is 12.1 Å². The highest BCUT2D eigenvalue weighted by Crippen LogP contribution is 2.48. The van der Waals surface area contributed by atoms with Crippen molar-refractivity contribution in [3.8, 4) is 11.5 Å². The van der Waals surface area contributed by atoms with Gasteiger partial charge in [0, 0.05) is 28.8 Å². The molecule has 0 fully saturated rings. The van der Waals surface area contributed by atoms with Crippen molar-refractivity contribution in [3.63, 3.8) is 0 Å². The number of fused-ring (bicyclic) bond motifs is 2. The number of amides is 1. The van der Waals surface area contributed by atoms with Gasteiger partial charge in [0.1, 0.15) is 17.6 Å². The standard InChI is InChI=1S/C18H21N3O3S/c1-4-23-14-6-11-5-9(2)24-13(11)7-12(14)17-16-10(3)20-21-18(16)19-15(22)8-25-17/h6-7,9,17H,4-5,8H2,1-3H3,(H2,19,20,21,22). The molecule has 1 aromatic heterocycles. The van der Waals surface area contributed by atoms with Crippen LogP contribution in [-0.2, 0) is 11.2 Å². The van der Waals surface area contributed by atoms with Gasteiger partial charge in [-0.15, -0.1) is 11.8 Å². The topological polar surface area (TPSA) is 76.2 Å². The third kappa shape index (κ3) is 2.86. The Morgan fingerprint density at radius 3 is 3.08 bits per heavy atom. The van der Waals surface area contributed by atoms with Crippen LogP contribution in [0.5, 0.6) is 11.5 Å². The number of hydrogen-bond acceptors (Lipinski definition) is 5. The molecule has 0 bridgehead atoms. The van der Waals surface area contributed by atoms with Gasteiger partial charge in [-0.25, -0.2) is 0 Å². The molecule has 0 saturated carbocycles. The van der Waals surface area contributed by atoms with Crippen molar-refractivity contribution in [3.05, 3.63) is 34.5 Å². The number of ether oxygens (including phenoxy) is 2. The van der Waals surface area contributed by atoms with Gasteiger partial charge < -0.3 is 14.8 Å². The molecule has 2 N–H and O–H groups in total. The third-order valence-electron chi connectivity index (χ3n) is 4.51. The first-order chi connectivity index (χ1) is 12.1. The number of carbonyl (C=O) groups excluding carboxylic acids is 1. The van der Waals surface area contributed by atoms with Gasteiger partial charge in [0.25, 0.3) is 0 Å². The summed E-state index contributed by atoms with van der Waals surface area (Å²) in [6.45, 7) is 6.62. The largest absolute Gasteiger partial charge is 0.494 e. The predicted molar refractivity (Wildman–Crippen MR) is 97.7 cm³/mol. The lowest BCUT2D eigenvalue weighted by Gasteiger charge is -2.20. The quantitative estimate of drug-likeness (QED) is 0.880. The highest BCUT2D eigenvalue weighted by atomic mass is 32.2. The molecule has 132 valence electrons. The Balaban J connectivity index is 1.85. The molecule has 1 amide bonds. The van der Waals surface area contributed by atoms with Crippen molar-refractivity contribution in [1.82, 2.24) is 10.2 Å². The number of carbonyl (C=O) groups is 1. The lowest BCUT2D eigenvalue weighted by Crippen LogP contribution is -2.12. The molecule has 3 heterocycles. The number of anilines is 1. The first-order valence-electron chi connectivity index (χ1n) is 8.49. The zero-order valence-corrected chi connectivity index (χ0v) is 15.3. The van der Waals surface area contributed by atoms with Crippen molar-refractivity contribution in [2.75, 3.05) is 17.7 Å². The highest BCUT2D eigenvalue weighted by Gasteiger charge is 2.32. The summed E-state index contributed by atoms with van der Waals surface area (Å²) in [5.74, 6) is 2.72. The predicted octanol–water partition coefficient (Wildman–Crippen LogP) is 3.21. The summed E-state index contributed by atoms with van der Waals surface area (Å²) in [7, 11) is 0. The maximum atomic E-state index is 12.0. The molecule has 1 aromatic carbocycles. The molecule has 2 aliphatic rings. The van der Waals surface area contributed by atoms with Crippen molar-refractivity contribution in [2.24, 2.45) is 0 Å². The highest BCUT2D eigenvalue weighted by molar-refractivity contribution is 8.00. The Morgan fingerprint density at radius 1 is 1.44 bits per heavy atom. The van der Waals surface area contributed by atoms with E-state index in [1.807, 2.05) is 13.8 Å². The van der Waals surface area contributed by atoms with E-state index in [2.05, 4.69) is 34.6 Å². The summed E-state index contributed by atoms with van der Waals surface area (Å²) in [6.07, 6.45) is 1.07. The van der Waals surface area contributed by atoms with Gasteiger partial charge in [-0.3, -0.25) is 9.89 Å². The molecule has 0 saturated heterocycles. The van der Waals surface area contributed by atoms with Gasteiger partial charge in [0.05, 0.1) is 17.6 Å². The Morgan fingerprint density at radius 2 is 2.28 bits per heavy atom. The number of aromatic amines is 1. The van der Waals surface area contributed by atoms with Crippen LogP contribution in [-0.4, -0.2) is 34.6 Å². The molecule has 2 atom stereocenters. The van der Waals surface area contributed by atoms with Crippen LogP contribution in [0.3, 0.4) is 0 Å². The molecule has 0 aliphatic carbocycles. The van der Waals surface area contributed by atoms with E-state index in [1.54, 1.807) is 11.8 Å². The molecular weight excluding hydrogens is 338 g/mol. The Bertz CT molecular complexity index is 833. The number of nitrogens with zero attached hydrogens (tertiary/aromatic N) is 1. The summed E-state index contributed by atoms with van der Waals surface area (Å²) in [5, 5.41) is 10.1. The van der Waals surface area contributed by atoms with E-state index < -0.39 is 0 Å². The summed E-state index contributed by atoms with van der Waals surface area (Å²) in [6, 6.07) is 4.17. The SMILES string of the molecule is CCOc1cc2c(cc1C1SCC(=O)Nc3n[nH]c(C)c31)OC(C)C2. The fraction of sp³-hybridized carbons (Fsp3) is 0.444. The van der Waals surface area contributed by atoms with E-state index in [1.165, 1.54) is 5.56 Å². The summed E-state index contributed by atoms with van der Waals surface area (Å²) < 4.78 is 11.9. The van der Waals surface area contributed by atoms with Crippen LogP contribution in [0, 0.1) is 6.92 Å². The number of rotatable bonds is 3. The van der Waals surface area contributed by atoms with Crippen molar-refractivity contribution < 1.29 is 14.3 Å². The van der Waals surface area contributed by atoms with E-state index in [0.717, 1.165) is 34.7 Å². The molecular formula is C18H21N3O3S. The van der Waals surface area contributed by atoms with Gasteiger partial charge in [-0.1, -0.05) is 0 Å². The Hall–Kier alpha value is -2.15. The zero-order valence-electron chi connectivity index (χ0n) is 14.5. The summed E-state index contributed by atoms with van der Waals surface area (Å²) in [5.41, 5.74) is 4.16. The van der Waals surface area contributed by atoms with Crippen molar-refractivity contribution >= 4 is 23.5 Å². The average Bonchev–Trinajstić information content (AvgIpc) is 3.05. The summed E-state index contributed by atoms with van der Waals surface area (Å²) >= 11 is 1.59. The van der Waals surface area contributed by atoms with Gasteiger partial charge in [-0.2, -0.15) is 5.10 Å². The van der Waals surface area contributed by atoms with Gasteiger partial charge in [-0.05, 0) is 32.9 Å². The maximum Gasteiger partial charge on any atom is 0.235 e. The van der Waals surface area contributed by atoms with Crippen LogP contribution < -0.4 is 14.8 Å². The van der Waals surface area contributed by atoms with Crippen LogP contribution in [0.4, 0.5) is 5.82 Å². The van der Waals surface area contributed by atoms with Crippen molar-refractivity contribution in [2.45, 2.75) is 38.5 Å². The number of nitrogens with one attached hydrogen (secondary N) is 2. The average molecular weight is 359 g/mol. The van der Waals surface area contributed by atoms with E-state index in [4.69, 9.17) is 9.47 Å². The molecule has 25 heavy (non-hydrogen) atoms. The summed E-state index contributed by atoms with van der Waals surface area (Å²) in [4.78, 5) is 12.0. The number of thioether (sulfide) groups is 1. The number of aromatic nitrogens is 2. The molecule has 4 rings (SSSR count). The second kappa shape index (κ2) is 6.29. The first-order valence-corrected chi connectivity index (χ1v) is 9.54. The molecule has 0 spiro atoms. The Kier molecular flexibility index (Phi) is 4.11. The fourth-order valence-electron chi connectivity index (χ4n) is 3.45. The minimum absolute atomic E-state index is 0.0377. The lowest BCUT2D eigenvalue weighted by molar-refractivity contribution is -0.113. The molecule has 6 nitrogen and oxygen atoms in total. The minimum atomic E-state index is -0.0425. The lowest BCUT2D eigenvalue weighted by atomic mass is 10.00. The van der Waals surface area contributed by atoms with Crippen LogP contribution in [0.25, 0.3) is 0 Å². The smallest absolute Gasteiger partial charge is 0.235 e.